The maximum Gasteiger partial charge on any atom is 0.165 e. The Hall–Kier alpha value is -3.14. The number of anilines is 1. The number of thiophene rings is 1. The number of carbonyl (C=O) groups excluding carboxylic acids is 1. The third-order valence-corrected chi connectivity index (χ3v) is 8.47. The molecule has 1 aliphatic rings. The molecule has 0 radical (unpaired) electrons. The smallest absolute Gasteiger partial charge is 0.165 e. The fourth-order valence-corrected chi connectivity index (χ4v) is 5.89. The number of ether oxygens (including phenoxy) is 1. The van der Waals surface area contributed by atoms with E-state index in [1.807, 2.05) is 35.8 Å². The van der Waals surface area contributed by atoms with Crippen LogP contribution in [0, 0.1) is 0 Å². The van der Waals surface area contributed by atoms with Gasteiger partial charge >= 0.3 is 0 Å². The van der Waals surface area contributed by atoms with Crippen molar-refractivity contribution in [2.75, 3.05) is 38.3 Å². The molecular weight excluding hydrogens is 508 g/mol. The summed E-state index contributed by atoms with van der Waals surface area (Å²) in [4.78, 5) is 29.2. The molecule has 39 heavy (non-hydrogen) atoms. The Kier molecular flexibility index (Phi) is 9.48. The Balaban J connectivity index is 0.00000353. The summed E-state index contributed by atoms with van der Waals surface area (Å²) in [5.74, 6) is 0.950. The van der Waals surface area contributed by atoms with Crippen LogP contribution in [0.3, 0.4) is 0 Å². The summed E-state index contributed by atoms with van der Waals surface area (Å²) in [6, 6.07) is 10.5. The molecule has 8 nitrogen and oxygen atoms in total. The second kappa shape index (κ2) is 12.8. The van der Waals surface area contributed by atoms with Crippen LogP contribution in [0.5, 0.6) is 0 Å². The summed E-state index contributed by atoms with van der Waals surface area (Å²) in [6.45, 7) is 10.0. The van der Waals surface area contributed by atoms with Crippen LogP contribution in [-0.2, 0) is 4.74 Å². The fraction of sp³-hybridized carbons (Fsp3) is 0.467. The molecule has 9 heteroatoms. The van der Waals surface area contributed by atoms with Crippen LogP contribution in [0.15, 0.2) is 48.1 Å². The van der Waals surface area contributed by atoms with Gasteiger partial charge in [-0.1, -0.05) is 27.3 Å². The normalized spacial score (nSPS) is 15.8. The van der Waals surface area contributed by atoms with E-state index in [0.717, 1.165) is 65.8 Å². The summed E-state index contributed by atoms with van der Waals surface area (Å²) in [5, 5.41) is 6.58. The first-order valence-electron chi connectivity index (χ1n) is 13.5. The molecule has 0 amide bonds. The predicted molar refractivity (Wildman–Crippen MR) is 160 cm³/mol. The molecule has 1 fully saturated rings. The fourth-order valence-electron chi connectivity index (χ4n) is 5.20. The lowest BCUT2D eigenvalue weighted by molar-refractivity contribution is 0.0964. The lowest BCUT2D eigenvalue weighted by Crippen LogP contribution is -2.50. The van der Waals surface area contributed by atoms with Crippen molar-refractivity contribution in [3.05, 3.63) is 53.7 Å². The van der Waals surface area contributed by atoms with Crippen molar-refractivity contribution in [2.45, 2.75) is 59.5 Å². The molecule has 0 aromatic carbocycles. The van der Waals surface area contributed by atoms with Gasteiger partial charge in [-0.25, -0.2) is 14.5 Å². The molecule has 0 spiro atoms. The molecule has 4 aromatic rings. The number of Topliss-reactive ketones (excluding diaryl/α,β-unsaturated/α-hetero) is 1. The maximum absolute atomic E-state index is 13.5. The number of aromatic nitrogens is 4. The first-order chi connectivity index (χ1) is 18.5. The van der Waals surface area contributed by atoms with Gasteiger partial charge in [-0.05, 0) is 62.5 Å². The highest BCUT2D eigenvalue weighted by atomic mass is 32.1. The van der Waals surface area contributed by atoms with E-state index in [1.165, 1.54) is 0 Å². The van der Waals surface area contributed by atoms with Crippen LogP contribution in [0.25, 0.3) is 27.5 Å². The zero-order valence-electron chi connectivity index (χ0n) is 22.6. The quantitative estimate of drug-likeness (QED) is 0.199. The lowest BCUT2D eigenvalue weighted by atomic mass is 10.00. The number of hydrogen-bond acceptors (Lipinski definition) is 8. The summed E-state index contributed by atoms with van der Waals surface area (Å²) in [5.41, 5.74) is 3.85. The van der Waals surface area contributed by atoms with Gasteiger partial charge < -0.3 is 14.5 Å². The molecule has 0 aliphatic carbocycles. The van der Waals surface area contributed by atoms with Crippen LogP contribution in [0.1, 0.15) is 57.8 Å². The van der Waals surface area contributed by atoms with Crippen LogP contribution in [-0.4, -0.2) is 75.7 Å². The van der Waals surface area contributed by atoms with Gasteiger partial charge in [-0.3, -0.25) is 4.79 Å². The first kappa shape index (κ1) is 28.9. The molecule has 1 aliphatic heterocycles. The summed E-state index contributed by atoms with van der Waals surface area (Å²) in [6.07, 6.45) is 6.10. The predicted octanol–water partition coefficient (Wildman–Crippen LogP) is 6.07. The maximum atomic E-state index is 13.5. The van der Waals surface area contributed by atoms with Gasteiger partial charge in [0.1, 0.15) is 5.82 Å². The number of carbonyl (C=O) groups is 1. The standard InChI is InChI=1S/C29H36N6O2S.CH4/c1-5-33(6-2)20(3)9-10-26(36)21-16-25(31-28(17-21)34-13-11-22(34)19-37-4)23-18-30-35-14-12-24(32-29(23)35)27-8-7-15-38-27;/h7-8,12,14-18,20,22H,5-6,9-11,13,19H2,1-4H3;1H4/t20-,22-;/m0./s1. The van der Waals surface area contributed by atoms with Crippen LogP contribution in [0.4, 0.5) is 5.82 Å². The second-order valence-electron chi connectivity index (χ2n) is 9.84. The molecule has 0 saturated carbocycles. The van der Waals surface area contributed by atoms with Crippen molar-refractivity contribution in [3.8, 4) is 21.8 Å². The summed E-state index contributed by atoms with van der Waals surface area (Å²) in [7, 11) is 1.72. The third-order valence-electron chi connectivity index (χ3n) is 7.57. The van der Waals surface area contributed by atoms with E-state index in [1.54, 1.807) is 29.2 Å². The number of nitrogens with zero attached hydrogens (tertiary/aromatic N) is 6. The number of methoxy groups -OCH3 is 1. The second-order valence-corrected chi connectivity index (χ2v) is 10.8. The number of fused-ring (bicyclic) bond motifs is 1. The minimum atomic E-state index is 0. The Morgan fingerprint density at radius 1 is 1.21 bits per heavy atom. The monoisotopic (exact) mass is 548 g/mol. The van der Waals surface area contributed by atoms with Gasteiger partial charge in [-0.2, -0.15) is 5.10 Å². The van der Waals surface area contributed by atoms with Crippen LogP contribution in [0.2, 0.25) is 0 Å². The molecule has 5 heterocycles. The molecule has 5 rings (SSSR count). The van der Waals surface area contributed by atoms with Gasteiger partial charge in [-0.15, -0.1) is 11.3 Å². The average molecular weight is 549 g/mol. The van der Waals surface area contributed by atoms with E-state index in [-0.39, 0.29) is 19.3 Å². The molecule has 1 saturated heterocycles. The summed E-state index contributed by atoms with van der Waals surface area (Å²) >= 11 is 1.66. The van der Waals surface area contributed by atoms with E-state index < -0.39 is 0 Å². The molecule has 0 N–H and O–H groups in total. The SMILES string of the molecule is C.CCN(CC)[C@@H](C)CCC(=O)c1cc(-c2cnn3ccc(-c4cccs4)nc23)nc(N2CC[C@H]2COC)c1. The Labute approximate surface area is 235 Å². The van der Waals surface area contributed by atoms with Gasteiger partial charge in [0.2, 0.25) is 0 Å². The number of rotatable bonds is 12. The van der Waals surface area contributed by atoms with Crippen molar-refractivity contribution in [1.29, 1.82) is 0 Å². The van der Waals surface area contributed by atoms with E-state index in [2.05, 4.69) is 41.7 Å². The highest BCUT2D eigenvalue weighted by molar-refractivity contribution is 7.13. The highest BCUT2D eigenvalue weighted by Crippen LogP contribution is 2.32. The van der Waals surface area contributed by atoms with Gasteiger partial charge in [0.05, 0.1) is 40.7 Å². The number of ketones is 1. The largest absolute Gasteiger partial charge is 0.383 e. The zero-order valence-corrected chi connectivity index (χ0v) is 23.4. The van der Waals surface area contributed by atoms with Crippen molar-refractivity contribution in [1.82, 2.24) is 24.5 Å². The number of hydrogen-bond donors (Lipinski definition) is 0. The first-order valence-corrected chi connectivity index (χ1v) is 14.3. The molecular formula is C30H40N6O2S. The average Bonchev–Trinajstić information content (AvgIpc) is 3.60. The Bertz CT molecular complexity index is 1380. The van der Waals surface area contributed by atoms with Crippen LogP contribution < -0.4 is 4.90 Å². The van der Waals surface area contributed by atoms with Gasteiger partial charge in [0, 0.05) is 37.9 Å². The topological polar surface area (TPSA) is 75.9 Å². The molecule has 0 bridgehead atoms. The van der Waals surface area contributed by atoms with Crippen LogP contribution >= 0.6 is 11.3 Å². The molecule has 4 aromatic heterocycles. The minimum absolute atomic E-state index is 0. The lowest BCUT2D eigenvalue weighted by Gasteiger charge is -2.41. The van der Waals surface area contributed by atoms with E-state index in [0.29, 0.717) is 24.6 Å². The Morgan fingerprint density at radius 3 is 2.69 bits per heavy atom. The molecule has 208 valence electrons. The molecule has 2 atom stereocenters. The van der Waals surface area contributed by atoms with E-state index >= 15 is 0 Å². The van der Waals surface area contributed by atoms with E-state index in [4.69, 9.17) is 14.7 Å². The highest BCUT2D eigenvalue weighted by Gasteiger charge is 2.30. The Morgan fingerprint density at radius 2 is 2.03 bits per heavy atom. The van der Waals surface area contributed by atoms with Crippen molar-refractivity contribution in [3.63, 3.8) is 0 Å². The van der Waals surface area contributed by atoms with Crippen molar-refractivity contribution in [2.24, 2.45) is 0 Å². The zero-order chi connectivity index (χ0) is 26.6. The van der Waals surface area contributed by atoms with Crippen molar-refractivity contribution < 1.29 is 9.53 Å². The summed E-state index contributed by atoms with van der Waals surface area (Å²) < 4.78 is 7.20. The minimum Gasteiger partial charge on any atom is -0.383 e. The van der Waals surface area contributed by atoms with Crippen molar-refractivity contribution >= 4 is 28.6 Å². The number of pyridine rings is 1. The molecule has 0 unspecified atom stereocenters. The van der Waals surface area contributed by atoms with Gasteiger partial charge in [0.25, 0.3) is 0 Å². The van der Waals surface area contributed by atoms with E-state index in [9.17, 15) is 4.79 Å². The third kappa shape index (κ3) is 6.05. The van der Waals surface area contributed by atoms with Gasteiger partial charge in [0.15, 0.2) is 11.4 Å².